The lowest BCUT2D eigenvalue weighted by Gasteiger charge is -2.26. The van der Waals surface area contributed by atoms with Crippen molar-refractivity contribution in [3.63, 3.8) is 0 Å². The highest BCUT2D eigenvalue weighted by atomic mass is 19.3. The van der Waals surface area contributed by atoms with Crippen LogP contribution >= 0.6 is 0 Å². The lowest BCUT2D eigenvalue weighted by atomic mass is 9.95. The Morgan fingerprint density at radius 1 is 1.15 bits per heavy atom. The van der Waals surface area contributed by atoms with Gasteiger partial charge in [-0.05, 0) is 33.6 Å². The van der Waals surface area contributed by atoms with E-state index in [2.05, 4.69) is 5.32 Å². The van der Waals surface area contributed by atoms with Crippen molar-refractivity contribution in [2.24, 2.45) is 17.1 Å². The van der Waals surface area contributed by atoms with E-state index in [-0.39, 0.29) is 18.9 Å². The van der Waals surface area contributed by atoms with Gasteiger partial charge in [0.15, 0.2) is 5.54 Å². The van der Waals surface area contributed by atoms with Crippen LogP contribution in [0.4, 0.5) is 13.6 Å². The second-order valence-electron chi connectivity index (χ2n) is 7.35. The zero-order chi connectivity index (χ0) is 20.7. The van der Waals surface area contributed by atoms with Crippen molar-refractivity contribution in [1.29, 1.82) is 0 Å². The second-order valence-corrected chi connectivity index (χ2v) is 7.35. The van der Waals surface area contributed by atoms with Crippen molar-refractivity contribution in [3.05, 3.63) is 0 Å². The number of rotatable bonds is 9. The summed E-state index contributed by atoms with van der Waals surface area (Å²) in [5, 5.41) is 11.1. The van der Waals surface area contributed by atoms with Crippen molar-refractivity contribution in [3.8, 4) is 0 Å². The molecule has 0 saturated carbocycles. The number of carboxylic acid groups (broad SMARTS) is 1. The zero-order valence-corrected chi connectivity index (χ0v) is 15.7. The molecule has 0 rings (SSSR count). The van der Waals surface area contributed by atoms with Gasteiger partial charge in [0, 0.05) is 12.5 Å². The number of carboxylic acids is 1. The average Bonchev–Trinajstić information content (AvgIpc) is 2.48. The molecule has 0 aromatic heterocycles. The van der Waals surface area contributed by atoms with Crippen molar-refractivity contribution in [1.82, 2.24) is 5.32 Å². The van der Waals surface area contributed by atoms with Gasteiger partial charge in [-0.1, -0.05) is 13.8 Å². The number of aliphatic carboxylic acids is 1. The van der Waals surface area contributed by atoms with E-state index in [4.69, 9.17) is 20.3 Å². The molecular weight excluding hydrogens is 354 g/mol. The van der Waals surface area contributed by atoms with Crippen molar-refractivity contribution >= 4 is 18.0 Å². The molecule has 0 spiro atoms. The average molecular weight is 382 g/mol. The summed E-state index contributed by atoms with van der Waals surface area (Å²) in [5.41, 5.74) is 1.72. The summed E-state index contributed by atoms with van der Waals surface area (Å²) in [6.07, 6.45) is -5.91. The van der Waals surface area contributed by atoms with E-state index < -0.39 is 48.1 Å². The van der Waals surface area contributed by atoms with Crippen LogP contribution in [0.5, 0.6) is 0 Å². The van der Waals surface area contributed by atoms with Gasteiger partial charge in [-0.3, -0.25) is 4.79 Å². The number of nitrogens with two attached hydrogens (primary N) is 1. The number of hydrogen-bond acceptors (Lipinski definition) is 6. The number of esters is 1. The van der Waals surface area contributed by atoms with E-state index in [0.29, 0.717) is 0 Å². The smallest absolute Gasteiger partial charge is 0.410 e. The highest BCUT2D eigenvalue weighted by Gasteiger charge is 2.43. The molecule has 1 amide bonds. The summed E-state index contributed by atoms with van der Waals surface area (Å²) >= 11 is 0. The van der Waals surface area contributed by atoms with Crippen LogP contribution < -0.4 is 11.1 Å². The molecule has 2 atom stereocenters. The summed E-state index contributed by atoms with van der Waals surface area (Å²) in [6, 6.07) is 0. The number of amides is 1. The largest absolute Gasteiger partial charge is 0.480 e. The van der Waals surface area contributed by atoms with E-state index in [1.807, 2.05) is 0 Å². The molecule has 0 heterocycles. The van der Waals surface area contributed by atoms with Gasteiger partial charge in [-0.25, -0.2) is 18.4 Å². The second kappa shape index (κ2) is 9.65. The van der Waals surface area contributed by atoms with Crippen LogP contribution in [0.15, 0.2) is 0 Å². The third-order valence-corrected chi connectivity index (χ3v) is 3.43. The molecule has 0 saturated heterocycles. The maximum Gasteiger partial charge on any atom is 0.410 e. The van der Waals surface area contributed by atoms with Gasteiger partial charge in [0.1, 0.15) is 0 Å². The normalized spacial score (nSPS) is 15.3. The number of hydrogen-bond donors (Lipinski definition) is 3. The molecule has 0 aliphatic rings. The number of nitrogens with one attached hydrogen (secondary N) is 1. The quantitative estimate of drug-likeness (QED) is 0.316. The van der Waals surface area contributed by atoms with Crippen LogP contribution in [-0.2, 0) is 19.1 Å². The summed E-state index contributed by atoms with van der Waals surface area (Å²) < 4.78 is 35.6. The Morgan fingerprint density at radius 2 is 1.69 bits per heavy atom. The monoisotopic (exact) mass is 382 g/mol. The molecule has 0 fully saturated rings. The Morgan fingerprint density at radius 3 is 2.08 bits per heavy atom. The van der Waals surface area contributed by atoms with E-state index >= 15 is 0 Å². The molecule has 4 N–H and O–H groups in total. The number of ether oxygens (including phenoxy) is 2. The fourth-order valence-corrected chi connectivity index (χ4v) is 1.61. The minimum absolute atomic E-state index is 0.101. The number of alkyl carbamates (subject to hydrolysis) is 1. The van der Waals surface area contributed by atoms with Crippen LogP contribution in [0.25, 0.3) is 0 Å². The first-order valence-corrected chi connectivity index (χ1v) is 8.17. The van der Waals surface area contributed by atoms with Crippen molar-refractivity contribution in [2.45, 2.75) is 65.7 Å². The number of carbonyl (C=O) groups excluding carboxylic acids is 2. The topological polar surface area (TPSA) is 128 Å². The Labute approximate surface area is 151 Å². The first kappa shape index (κ1) is 24.0. The van der Waals surface area contributed by atoms with E-state index in [1.54, 1.807) is 34.6 Å². The van der Waals surface area contributed by atoms with Crippen LogP contribution in [0, 0.1) is 11.3 Å². The van der Waals surface area contributed by atoms with E-state index in [0.717, 1.165) is 0 Å². The molecule has 152 valence electrons. The molecule has 0 aromatic carbocycles. The van der Waals surface area contributed by atoms with E-state index in [1.165, 1.54) is 0 Å². The minimum atomic E-state index is -3.24. The van der Waals surface area contributed by atoms with Gasteiger partial charge < -0.3 is 25.6 Å². The van der Waals surface area contributed by atoms with Gasteiger partial charge in [-0.2, -0.15) is 0 Å². The summed E-state index contributed by atoms with van der Waals surface area (Å²) in [4.78, 5) is 34.5. The van der Waals surface area contributed by atoms with Gasteiger partial charge in [0.25, 0.3) is 12.7 Å². The highest BCUT2D eigenvalue weighted by Crippen LogP contribution is 2.20. The van der Waals surface area contributed by atoms with Crippen LogP contribution in [0.3, 0.4) is 0 Å². The fraction of sp³-hybridized carbons (Fsp3) is 0.812. The molecule has 0 radical (unpaired) electrons. The Bertz CT molecular complexity index is 507. The van der Waals surface area contributed by atoms with Gasteiger partial charge in [0.05, 0.1) is 5.41 Å². The number of carbonyl (C=O) groups is 3. The first-order chi connectivity index (χ1) is 11.7. The SMILES string of the molecule is CC(C)C(OC(=O)NCCCC(N)(C(=O)O)C(F)F)OC(=O)C(C)(C)C. The summed E-state index contributed by atoms with van der Waals surface area (Å²) in [5.74, 6) is -2.67. The molecule has 0 aliphatic carbocycles. The lowest BCUT2D eigenvalue weighted by molar-refractivity contribution is -0.184. The van der Waals surface area contributed by atoms with Crippen LogP contribution in [0.1, 0.15) is 47.5 Å². The Hall–Kier alpha value is -1.97. The molecular formula is C16H28F2N2O6. The Kier molecular flexibility index (Phi) is 8.92. The van der Waals surface area contributed by atoms with Crippen LogP contribution in [0.2, 0.25) is 0 Å². The van der Waals surface area contributed by atoms with E-state index in [9.17, 15) is 23.2 Å². The number of alkyl halides is 2. The van der Waals surface area contributed by atoms with Gasteiger partial charge in [0.2, 0.25) is 0 Å². The predicted molar refractivity (Wildman–Crippen MR) is 88.4 cm³/mol. The van der Waals surface area contributed by atoms with Crippen molar-refractivity contribution < 1.29 is 37.7 Å². The Balaban J connectivity index is 4.50. The number of halogens is 2. The third-order valence-electron chi connectivity index (χ3n) is 3.43. The standard InChI is InChI=1S/C16H28F2N2O6/c1-9(2)10(25-13(23)15(3,4)5)26-14(24)20-8-6-7-16(19,11(17)18)12(21)22/h9-11H,6-8,19H2,1-5H3,(H,20,24)(H,21,22). The fourth-order valence-electron chi connectivity index (χ4n) is 1.61. The van der Waals surface area contributed by atoms with Crippen LogP contribution in [-0.4, -0.2) is 47.9 Å². The maximum atomic E-state index is 12.7. The molecule has 0 aliphatic heterocycles. The molecule has 0 bridgehead atoms. The van der Waals surface area contributed by atoms with Gasteiger partial charge in [-0.15, -0.1) is 0 Å². The molecule has 2 unspecified atom stereocenters. The maximum absolute atomic E-state index is 12.7. The third kappa shape index (κ3) is 7.51. The summed E-state index contributed by atoms with van der Waals surface area (Å²) in [7, 11) is 0. The molecule has 0 aromatic rings. The molecule has 26 heavy (non-hydrogen) atoms. The molecule has 8 nitrogen and oxygen atoms in total. The predicted octanol–water partition coefficient (Wildman–Crippen LogP) is 2.11. The lowest BCUT2D eigenvalue weighted by Crippen LogP contribution is -2.54. The minimum Gasteiger partial charge on any atom is -0.480 e. The summed E-state index contributed by atoms with van der Waals surface area (Å²) in [6.45, 7) is 8.19. The first-order valence-electron chi connectivity index (χ1n) is 8.17. The van der Waals surface area contributed by atoms with Gasteiger partial charge >= 0.3 is 18.0 Å². The van der Waals surface area contributed by atoms with Crippen molar-refractivity contribution in [2.75, 3.05) is 6.54 Å². The zero-order valence-electron chi connectivity index (χ0n) is 15.7. The highest BCUT2D eigenvalue weighted by molar-refractivity contribution is 5.79. The molecule has 10 heteroatoms.